The van der Waals surface area contributed by atoms with Gasteiger partial charge >= 0.3 is 12.0 Å². The minimum Gasteiger partial charge on any atom is -0.481 e. The second kappa shape index (κ2) is 7.87. The average molecular weight is 346 g/mol. The monoisotopic (exact) mass is 346 g/mol. The molecule has 6 heteroatoms. The molecule has 0 aromatic heterocycles. The average Bonchev–Trinajstić information content (AvgIpc) is 2.67. The van der Waals surface area contributed by atoms with E-state index in [1.54, 1.807) is 4.90 Å². The molecule has 2 fully saturated rings. The summed E-state index contributed by atoms with van der Waals surface area (Å²) in [5.74, 6) is -1.08. The van der Waals surface area contributed by atoms with Gasteiger partial charge in [0, 0.05) is 38.3 Å². The lowest BCUT2D eigenvalue weighted by Crippen LogP contribution is -2.50. The van der Waals surface area contributed by atoms with Gasteiger partial charge in [0.2, 0.25) is 0 Å². The molecule has 1 aromatic rings. The highest BCUT2D eigenvalue weighted by molar-refractivity contribution is 5.75. The van der Waals surface area contributed by atoms with E-state index in [1.807, 2.05) is 18.2 Å². The van der Waals surface area contributed by atoms with E-state index in [0.29, 0.717) is 45.7 Å². The molecule has 0 radical (unpaired) electrons. The molecule has 1 aromatic carbocycles. The summed E-state index contributed by atoms with van der Waals surface area (Å²) in [6.07, 6.45) is 2.83. The summed E-state index contributed by atoms with van der Waals surface area (Å²) in [7, 11) is 0. The zero-order valence-electron chi connectivity index (χ0n) is 14.4. The van der Waals surface area contributed by atoms with Gasteiger partial charge in [-0.15, -0.1) is 0 Å². The number of hydrogen-bond acceptors (Lipinski definition) is 3. The van der Waals surface area contributed by atoms with E-state index in [2.05, 4.69) is 17.4 Å². The van der Waals surface area contributed by atoms with Crippen LogP contribution in [-0.2, 0) is 14.9 Å². The highest BCUT2D eigenvalue weighted by Crippen LogP contribution is 2.34. The number of piperidine rings is 1. The first kappa shape index (κ1) is 17.7. The second-order valence-corrected chi connectivity index (χ2v) is 7.02. The molecule has 0 atom stereocenters. The Balaban J connectivity index is 1.60. The van der Waals surface area contributed by atoms with Crippen LogP contribution >= 0.6 is 0 Å². The first-order valence-corrected chi connectivity index (χ1v) is 9.00. The normalized spacial score (nSPS) is 20.9. The van der Waals surface area contributed by atoms with Crippen LogP contribution in [0.15, 0.2) is 30.3 Å². The van der Waals surface area contributed by atoms with Gasteiger partial charge in [-0.3, -0.25) is 4.79 Å². The Morgan fingerprint density at radius 1 is 1.16 bits per heavy atom. The molecule has 2 aliphatic rings. The van der Waals surface area contributed by atoms with Crippen molar-refractivity contribution in [2.45, 2.75) is 31.1 Å². The van der Waals surface area contributed by atoms with Crippen LogP contribution in [0.4, 0.5) is 4.79 Å². The van der Waals surface area contributed by atoms with Crippen molar-refractivity contribution in [2.24, 2.45) is 5.92 Å². The van der Waals surface area contributed by atoms with Gasteiger partial charge in [-0.1, -0.05) is 30.3 Å². The number of aliphatic carboxylic acids is 1. The summed E-state index contributed by atoms with van der Waals surface area (Å²) in [6.45, 7) is 3.00. The zero-order chi connectivity index (χ0) is 17.7. The number of amides is 2. The molecule has 2 heterocycles. The Morgan fingerprint density at radius 2 is 1.80 bits per heavy atom. The highest BCUT2D eigenvalue weighted by atomic mass is 16.5. The fourth-order valence-corrected chi connectivity index (χ4v) is 3.81. The zero-order valence-corrected chi connectivity index (χ0v) is 14.4. The summed E-state index contributed by atoms with van der Waals surface area (Å²) in [6, 6.07) is 10.2. The highest BCUT2D eigenvalue weighted by Gasteiger charge is 2.35. The Kier molecular flexibility index (Phi) is 5.58. The maximum absolute atomic E-state index is 12.5. The van der Waals surface area contributed by atoms with E-state index in [-0.39, 0.29) is 17.4 Å². The number of hydrogen-bond donors (Lipinski definition) is 2. The lowest BCUT2D eigenvalue weighted by molar-refractivity contribution is -0.143. The van der Waals surface area contributed by atoms with Crippen LogP contribution in [-0.4, -0.2) is 54.9 Å². The quantitative estimate of drug-likeness (QED) is 0.876. The van der Waals surface area contributed by atoms with E-state index in [9.17, 15) is 9.59 Å². The van der Waals surface area contributed by atoms with Crippen molar-refractivity contribution in [1.29, 1.82) is 0 Å². The number of carbonyl (C=O) groups is 2. The molecular weight excluding hydrogens is 320 g/mol. The van der Waals surface area contributed by atoms with Crippen LogP contribution in [0.5, 0.6) is 0 Å². The fourth-order valence-electron chi connectivity index (χ4n) is 3.81. The summed E-state index contributed by atoms with van der Waals surface area (Å²) in [5.41, 5.74) is 1.15. The van der Waals surface area contributed by atoms with Crippen LogP contribution in [0.3, 0.4) is 0 Å². The lowest BCUT2D eigenvalue weighted by atomic mass is 9.74. The number of carboxylic acids is 1. The van der Waals surface area contributed by atoms with E-state index >= 15 is 0 Å². The topological polar surface area (TPSA) is 78.9 Å². The number of likely N-dealkylation sites (tertiary alicyclic amines) is 1. The van der Waals surface area contributed by atoms with Crippen LogP contribution in [0.2, 0.25) is 0 Å². The summed E-state index contributed by atoms with van der Waals surface area (Å²) < 4.78 is 5.52. The molecule has 2 N–H and O–H groups in total. The number of urea groups is 1. The van der Waals surface area contributed by atoms with Crippen molar-refractivity contribution in [1.82, 2.24) is 10.2 Å². The number of benzene rings is 1. The van der Waals surface area contributed by atoms with Crippen molar-refractivity contribution < 1.29 is 19.4 Å². The predicted molar refractivity (Wildman–Crippen MR) is 93.5 cm³/mol. The van der Waals surface area contributed by atoms with Crippen LogP contribution in [0, 0.1) is 5.92 Å². The third-order valence-corrected chi connectivity index (χ3v) is 5.55. The van der Waals surface area contributed by atoms with E-state index in [1.165, 1.54) is 5.56 Å². The maximum atomic E-state index is 12.5. The van der Waals surface area contributed by atoms with Gasteiger partial charge in [-0.2, -0.15) is 0 Å². The van der Waals surface area contributed by atoms with Crippen molar-refractivity contribution >= 4 is 12.0 Å². The van der Waals surface area contributed by atoms with Gasteiger partial charge in [0.25, 0.3) is 0 Å². The molecule has 0 bridgehead atoms. The Bertz CT molecular complexity index is 591. The molecule has 2 aliphatic heterocycles. The van der Waals surface area contributed by atoms with Crippen molar-refractivity contribution in [2.75, 3.05) is 32.8 Å². The molecule has 136 valence electrons. The van der Waals surface area contributed by atoms with Crippen molar-refractivity contribution in [3.05, 3.63) is 35.9 Å². The van der Waals surface area contributed by atoms with E-state index in [4.69, 9.17) is 9.84 Å². The minimum atomic E-state index is -0.759. The van der Waals surface area contributed by atoms with Gasteiger partial charge in [-0.05, 0) is 31.2 Å². The van der Waals surface area contributed by atoms with Crippen LogP contribution in [0.25, 0.3) is 0 Å². The molecule has 3 rings (SSSR count). The molecule has 25 heavy (non-hydrogen) atoms. The molecule has 0 unspecified atom stereocenters. The number of carbonyl (C=O) groups excluding carboxylic acids is 1. The summed E-state index contributed by atoms with van der Waals surface area (Å²) >= 11 is 0. The summed E-state index contributed by atoms with van der Waals surface area (Å²) in [5, 5.41) is 12.2. The number of nitrogens with zero attached hydrogens (tertiary/aromatic N) is 1. The molecule has 6 nitrogen and oxygen atoms in total. The van der Waals surface area contributed by atoms with Gasteiger partial charge in [0.05, 0.1) is 5.92 Å². The number of carboxylic acid groups (broad SMARTS) is 1. The smallest absolute Gasteiger partial charge is 0.317 e. The molecule has 2 saturated heterocycles. The van der Waals surface area contributed by atoms with Gasteiger partial charge in [0.15, 0.2) is 0 Å². The first-order chi connectivity index (χ1) is 12.1. The number of ether oxygens (including phenoxy) is 1. The summed E-state index contributed by atoms with van der Waals surface area (Å²) in [4.78, 5) is 25.3. The molecule has 0 saturated carbocycles. The van der Waals surface area contributed by atoms with Gasteiger partial charge < -0.3 is 20.1 Å². The van der Waals surface area contributed by atoms with E-state index < -0.39 is 5.97 Å². The standard InChI is InChI=1S/C19H26N2O4/c22-17(23)15-6-10-21(11-7-15)18(24)20-14-19(8-12-25-13-9-19)16-4-2-1-3-5-16/h1-5,15H,6-14H2,(H,20,24)(H,22,23). The van der Waals surface area contributed by atoms with Gasteiger partial charge in [0.1, 0.15) is 0 Å². The van der Waals surface area contributed by atoms with Gasteiger partial charge in [-0.25, -0.2) is 4.79 Å². The minimum absolute atomic E-state index is 0.0887. The van der Waals surface area contributed by atoms with Crippen LogP contribution in [0.1, 0.15) is 31.2 Å². The lowest BCUT2D eigenvalue weighted by Gasteiger charge is -2.39. The fraction of sp³-hybridized carbons (Fsp3) is 0.579. The third kappa shape index (κ3) is 4.12. The molecule has 0 aliphatic carbocycles. The molecule has 0 spiro atoms. The van der Waals surface area contributed by atoms with Crippen molar-refractivity contribution in [3.63, 3.8) is 0 Å². The van der Waals surface area contributed by atoms with Crippen LogP contribution < -0.4 is 5.32 Å². The number of rotatable bonds is 4. The Labute approximate surface area is 148 Å². The molecular formula is C19H26N2O4. The number of nitrogens with one attached hydrogen (secondary N) is 1. The molecule has 2 amide bonds. The third-order valence-electron chi connectivity index (χ3n) is 5.55. The van der Waals surface area contributed by atoms with E-state index in [0.717, 1.165) is 12.8 Å². The SMILES string of the molecule is O=C(O)C1CCN(C(=O)NCC2(c3ccccc3)CCOCC2)CC1. The first-order valence-electron chi connectivity index (χ1n) is 9.00. The largest absolute Gasteiger partial charge is 0.481 e. The Morgan fingerprint density at radius 3 is 2.40 bits per heavy atom. The maximum Gasteiger partial charge on any atom is 0.317 e. The second-order valence-electron chi connectivity index (χ2n) is 7.02. The predicted octanol–water partition coefficient (Wildman–Crippen LogP) is 2.24. The Hall–Kier alpha value is -2.08. The van der Waals surface area contributed by atoms with Crippen molar-refractivity contribution in [3.8, 4) is 0 Å².